The Hall–Kier alpha value is -4.12. The molecule has 1 aromatic heterocycles. The highest BCUT2D eigenvalue weighted by Gasteiger charge is 2.36. The molecule has 0 saturated carbocycles. The van der Waals surface area contributed by atoms with Crippen LogP contribution in [0.5, 0.6) is 11.5 Å². The molecule has 0 saturated heterocycles. The van der Waals surface area contributed by atoms with Crippen LogP contribution in [0, 0.1) is 0 Å². The van der Waals surface area contributed by atoms with Crippen molar-refractivity contribution in [1.29, 1.82) is 0 Å². The van der Waals surface area contributed by atoms with Gasteiger partial charge in [0.05, 0.1) is 0 Å². The summed E-state index contributed by atoms with van der Waals surface area (Å²) in [7, 11) is 0. The molecule has 176 valence electrons. The van der Waals surface area contributed by atoms with E-state index in [1.807, 2.05) is 66.7 Å². The Morgan fingerprint density at radius 2 is 0.943 bits per heavy atom. The second-order valence-electron chi connectivity index (χ2n) is 9.98. The number of nitrogens with zero attached hydrogens (tertiary/aromatic N) is 3. The minimum Gasteiger partial charge on any atom is -0.505 e. The molecule has 5 rings (SSSR count). The van der Waals surface area contributed by atoms with E-state index in [1.54, 1.807) is 0 Å². The molecule has 4 aromatic carbocycles. The maximum absolute atomic E-state index is 11.6. The van der Waals surface area contributed by atoms with E-state index in [0.29, 0.717) is 22.2 Å². The summed E-state index contributed by atoms with van der Waals surface area (Å²) in [5, 5.41) is 32.5. The average molecular weight is 464 g/mol. The van der Waals surface area contributed by atoms with Crippen molar-refractivity contribution in [3.8, 4) is 17.2 Å². The first-order chi connectivity index (χ1) is 16.7. The lowest BCUT2D eigenvalue weighted by molar-refractivity contribution is 0.414. The minimum atomic E-state index is -0.554. The highest BCUT2D eigenvalue weighted by molar-refractivity contribution is 5.75. The van der Waals surface area contributed by atoms with Crippen molar-refractivity contribution in [1.82, 2.24) is 15.0 Å². The molecule has 0 radical (unpaired) electrons. The number of aromatic hydroxyl groups is 2. The fourth-order valence-electron chi connectivity index (χ4n) is 4.77. The van der Waals surface area contributed by atoms with E-state index in [0.717, 1.165) is 11.1 Å². The van der Waals surface area contributed by atoms with Crippen LogP contribution in [0.1, 0.15) is 49.9 Å². The van der Waals surface area contributed by atoms with Gasteiger partial charge in [0.1, 0.15) is 11.0 Å². The van der Waals surface area contributed by atoms with Crippen molar-refractivity contribution in [2.24, 2.45) is 0 Å². The summed E-state index contributed by atoms with van der Waals surface area (Å²) >= 11 is 0. The molecule has 5 nitrogen and oxygen atoms in total. The molecule has 0 atom stereocenters. The van der Waals surface area contributed by atoms with Crippen LogP contribution in [0.2, 0.25) is 0 Å². The Labute approximate surface area is 205 Å². The molecule has 5 heteroatoms. The molecular weight excluding hydrogens is 434 g/mol. The lowest BCUT2D eigenvalue weighted by Gasteiger charge is -2.33. The Bertz CT molecular complexity index is 1390. The molecule has 0 aliphatic rings. The highest BCUT2D eigenvalue weighted by atomic mass is 16.3. The van der Waals surface area contributed by atoms with Gasteiger partial charge in [0.2, 0.25) is 0 Å². The van der Waals surface area contributed by atoms with Gasteiger partial charge in [-0.3, -0.25) is 0 Å². The number of fused-ring (bicyclic) bond motifs is 1. The molecule has 2 N–H and O–H groups in total. The van der Waals surface area contributed by atoms with Gasteiger partial charge in [0.15, 0.2) is 17.2 Å². The van der Waals surface area contributed by atoms with E-state index in [-0.39, 0.29) is 17.2 Å². The van der Waals surface area contributed by atoms with Crippen molar-refractivity contribution >= 4 is 11.0 Å². The number of hydrogen-bond donors (Lipinski definition) is 2. The Morgan fingerprint density at radius 3 is 1.34 bits per heavy atom. The zero-order chi connectivity index (χ0) is 24.8. The Morgan fingerprint density at radius 1 is 0.571 bits per heavy atom. The number of benzene rings is 4. The van der Waals surface area contributed by atoms with Crippen LogP contribution < -0.4 is 0 Å². The zero-order valence-electron chi connectivity index (χ0n) is 20.4. The maximum Gasteiger partial charge on any atom is 0.170 e. The number of rotatable bonds is 5. The third-order valence-corrected chi connectivity index (χ3v) is 7.07. The fraction of sp³-hybridized carbons (Fsp3) is 0.200. The van der Waals surface area contributed by atoms with Crippen molar-refractivity contribution in [2.45, 2.75) is 38.5 Å². The largest absolute Gasteiger partial charge is 0.505 e. The van der Waals surface area contributed by atoms with Crippen LogP contribution in [0.25, 0.3) is 16.7 Å². The van der Waals surface area contributed by atoms with Crippen molar-refractivity contribution in [3.63, 3.8) is 0 Å². The van der Waals surface area contributed by atoms with Crippen LogP contribution in [0.4, 0.5) is 0 Å². The lowest BCUT2D eigenvalue weighted by Crippen LogP contribution is -2.24. The number of hydrogen-bond acceptors (Lipinski definition) is 4. The molecule has 0 amide bonds. The molecular formula is C30H29N3O2. The molecule has 35 heavy (non-hydrogen) atoms. The molecule has 0 spiro atoms. The van der Waals surface area contributed by atoms with E-state index in [2.05, 4.69) is 62.2 Å². The summed E-state index contributed by atoms with van der Waals surface area (Å²) in [4.78, 5) is 1.35. The summed E-state index contributed by atoms with van der Waals surface area (Å²) in [6.07, 6.45) is 0. The third kappa shape index (κ3) is 3.73. The van der Waals surface area contributed by atoms with Gasteiger partial charge in [-0.25, -0.2) is 0 Å². The molecule has 0 aliphatic carbocycles. The molecule has 0 bridgehead atoms. The van der Waals surface area contributed by atoms with Gasteiger partial charge in [0, 0.05) is 22.0 Å². The first-order valence-corrected chi connectivity index (χ1v) is 11.7. The summed E-state index contributed by atoms with van der Waals surface area (Å²) in [5.41, 5.74) is 3.92. The van der Waals surface area contributed by atoms with Gasteiger partial charge in [-0.2, -0.15) is 0 Å². The summed E-state index contributed by atoms with van der Waals surface area (Å²) < 4.78 is 0. The second kappa shape index (κ2) is 8.27. The molecule has 0 aliphatic heterocycles. The first kappa shape index (κ1) is 22.7. The van der Waals surface area contributed by atoms with Crippen molar-refractivity contribution < 1.29 is 10.2 Å². The average Bonchev–Trinajstić information content (AvgIpc) is 3.28. The SMILES string of the molecule is CC(C)(c1ccccc1)c1cc(C(C)(C)c2ccccc2)c(O)c(-n2nc3ccccc3n2)c1O. The topological polar surface area (TPSA) is 71.2 Å². The predicted molar refractivity (Wildman–Crippen MR) is 139 cm³/mol. The van der Waals surface area contributed by atoms with Crippen LogP contribution in [0.3, 0.4) is 0 Å². The van der Waals surface area contributed by atoms with Crippen LogP contribution in [-0.2, 0) is 10.8 Å². The molecule has 0 fully saturated rings. The second-order valence-corrected chi connectivity index (χ2v) is 9.98. The number of aromatic nitrogens is 3. The quantitative estimate of drug-likeness (QED) is 0.313. The molecule has 0 unspecified atom stereocenters. The lowest BCUT2D eigenvalue weighted by atomic mass is 9.72. The van der Waals surface area contributed by atoms with Gasteiger partial charge >= 0.3 is 0 Å². The normalized spacial score (nSPS) is 12.2. The fourth-order valence-corrected chi connectivity index (χ4v) is 4.77. The summed E-state index contributed by atoms with van der Waals surface area (Å²) in [6, 6.07) is 29.5. The van der Waals surface area contributed by atoms with E-state index < -0.39 is 10.8 Å². The highest BCUT2D eigenvalue weighted by Crippen LogP contribution is 2.49. The summed E-state index contributed by atoms with van der Waals surface area (Å²) in [5.74, 6) is -0.0754. The van der Waals surface area contributed by atoms with Gasteiger partial charge < -0.3 is 10.2 Å². The van der Waals surface area contributed by atoms with Gasteiger partial charge in [-0.15, -0.1) is 15.0 Å². The Balaban J connectivity index is 1.83. The predicted octanol–water partition coefficient (Wildman–Crippen LogP) is 6.48. The maximum atomic E-state index is 11.6. The van der Waals surface area contributed by atoms with E-state index >= 15 is 0 Å². The van der Waals surface area contributed by atoms with Gasteiger partial charge in [-0.05, 0) is 29.3 Å². The third-order valence-electron chi connectivity index (χ3n) is 7.07. The number of phenolic OH excluding ortho intramolecular Hbond substituents is 2. The molecule has 5 aromatic rings. The van der Waals surface area contributed by atoms with Gasteiger partial charge in [0.25, 0.3) is 0 Å². The van der Waals surface area contributed by atoms with Crippen molar-refractivity contribution in [2.75, 3.05) is 0 Å². The zero-order valence-corrected chi connectivity index (χ0v) is 20.4. The van der Waals surface area contributed by atoms with Crippen LogP contribution in [0.15, 0.2) is 91.0 Å². The number of phenols is 2. The monoisotopic (exact) mass is 463 g/mol. The summed E-state index contributed by atoms with van der Waals surface area (Å²) in [6.45, 7) is 8.30. The van der Waals surface area contributed by atoms with Crippen molar-refractivity contribution in [3.05, 3.63) is 113 Å². The Kier molecular flexibility index (Phi) is 5.36. The van der Waals surface area contributed by atoms with E-state index in [1.165, 1.54) is 4.80 Å². The smallest absolute Gasteiger partial charge is 0.170 e. The molecule has 1 heterocycles. The van der Waals surface area contributed by atoms with E-state index in [4.69, 9.17) is 0 Å². The first-order valence-electron chi connectivity index (χ1n) is 11.7. The van der Waals surface area contributed by atoms with Gasteiger partial charge in [-0.1, -0.05) is 100 Å². The van der Waals surface area contributed by atoms with E-state index in [9.17, 15) is 10.2 Å². The van der Waals surface area contributed by atoms with Crippen LogP contribution >= 0.6 is 0 Å². The van der Waals surface area contributed by atoms with Crippen LogP contribution in [-0.4, -0.2) is 25.2 Å². The minimum absolute atomic E-state index is 0.0377. The standard InChI is InChI=1S/C30H29N3O2/c1-29(2,20-13-7-5-8-14-20)22-19-23(30(3,4)21-15-9-6-10-16-21)28(35)26(27(22)34)33-31-24-17-11-12-18-25(24)32-33/h5-19,34-35H,1-4H3.